The third kappa shape index (κ3) is 4.45. The minimum Gasteiger partial charge on any atom is -0.452 e. The van der Waals surface area contributed by atoms with Crippen molar-refractivity contribution in [2.45, 2.75) is 18.9 Å². The molecular formula is C14H16ClNO5S. The van der Waals surface area contributed by atoms with E-state index in [1.54, 1.807) is 19.1 Å². The Morgan fingerprint density at radius 1 is 1.32 bits per heavy atom. The van der Waals surface area contributed by atoms with E-state index in [1.165, 1.54) is 12.1 Å². The first-order valence-corrected chi connectivity index (χ1v) is 8.83. The smallest absolute Gasteiger partial charge is 0.338 e. The van der Waals surface area contributed by atoms with E-state index in [0.717, 1.165) is 0 Å². The number of esters is 1. The Balaban J connectivity index is 1.85. The molecule has 0 saturated carbocycles. The zero-order valence-electron chi connectivity index (χ0n) is 12.0. The van der Waals surface area contributed by atoms with Crippen LogP contribution in [0.2, 0.25) is 5.02 Å². The number of nitrogens with one attached hydrogen (secondary N) is 1. The molecule has 0 aliphatic carbocycles. The molecule has 6 nitrogen and oxygen atoms in total. The molecule has 1 saturated heterocycles. The standard InChI is InChI=1S/C14H16ClNO5S/c1-14(6-7-22(19,20)9-14)16-12(17)8-21-13(18)10-2-4-11(15)5-3-10/h2-5H,6-9H2,1H3,(H,16,17)/t14-/m1/s1. The van der Waals surface area contributed by atoms with E-state index in [-0.39, 0.29) is 17.1 Å². The Labute approximate surface area is 133 Å². The van der Waals surface area contributed by atoms with Crippen LogP contribution < -0.4 is 5.32 Å². The molecule has 1 aromatic rings. The molecule has 1 heterocycles. The molecule has 2 rings (SSSR count). The lowest BCUT2D eigenvalue weighted by molar-refractivity contribution is -0.125. The Morgan fingerprint density at radius 2 is 1.95 bits per heavy atom. The third-order valence-corrected chi connectivity index (χ3v) is 5.51. The molecule has 0 radical (unpaired) electrons. The molecule has 0 aromatic heterocycles. The summed E-state index contributed by atoms with van der Waals surface area (Å²) in [7, 11) is -3.11. The van der Waals surface area contributed by atoms with Gasteiger partial charge in [0.25, 0.3) is 5.91 Å². The molecule has 22 heavy (non-hydrogen) atoms. The van der Waals surface area contributed by atoms with Crippen LogP contribution in [-0.2, 0) is 19.4 Å². The van der Waals surface area contributed by atoms with E-state index in [4.69, 9.17) is 16.3 Å². The van der Waals surface area contributed by atoms with Crippen molar-refractivity contribution in [3.05, 3.63) is 34.9 Å². The Hall–Kier alpha value is -1.60. The molecule has 8 heteroatoms. The number of carbonyl (C=O) groups excluding carboxylic acids is 2. The van der Waals surface area contributed by atoms with Gasteiger partial charge in [-0.3, -0.25) is 4.79 Å². The summed E-state index contributed by atoms with van der Waals surface area (Å²) in [6.07, 6.45) is 0.353. The van der Waals surface area contributed by atoms with Gasteiger partial charge in [0.2, 0.25) is 0 Å². The van der Waals surface area contributed by atoms with E-state index in [0.29, 0.717) is 11.4 Å². The molecule has 0 bridgehead atoms. The first-order valence-electron chi connectivity index (χ1n) is 6.63. The van der Waals surface area contributed by atoms with Gasteiger partial charge >= 0.3 is 5.97 Å². The number of hydrogen-bond donors (Lipinski definition) is 1. The minimum absolute atomic E-state index is 0.0499. The van der Waals surface area contributed by atoms with Gasteiger partial charge in [0.1, 0.15) is 0 Å². The highest BCUT2D eigenvalue weighted by molar-refractivity contribution is 7.91. The van der Waals surface area contributed by atoms with Crippen molar-refractivity contribution in [3.8, 4) is 0 Å². The van der Waals surface area contributed by atoms with Crippen molar-refractivity contribution in [1.82, 2.24) is 5.32 Å². The second-order valence-corrected chi connectivity index (χ2v) is 8.15. The SMILES string of the molecule is C[C@@]1(NC(=O)COC(=O)c2ccc(Cl)cc2)CCS(=O)(=O)C1. The van der Waals surface area contributed by atoms with Gasteiger partial charge in [-0.15, -0.1) is 0 Å². The second-order valence-electron chi connectivity index (χ2n) is 5.53. The molecule has 1 aliphatic rings. The van der Waals surface area contributed by atoms with Crippen LogP contribution in [0, 0.1) is 0 Å². The van der Waals surface area contributed by atoms with Crippen LogP contribution in [0.3, 0.4) is 0 Å². The lowest BCUT2D eigenvalue weighted by atomic mass is 10.0. The van der Waals surface area contributed by atoms with Gasteiger partial charge in [0.05, 0.1) is 22.6 Å². The number of hydrogen-bond acceptors (Lipinski definition) is 5. The lowest BCUT2D eigenvalue weighted by Gasteiger charge is -2.23. The van der Waals surface area contributed by atoms with E-state index in [1.807, 2.05) is 0 Å². The number of sulfone groups is 1. The highest BCUT2D eigenvalue weighted by Gasteiger charge is 2.39. The van der Waals surface area contributed by atoms with Crippen LogP contribution in [0.15, 0.2) is 24.3 Å². The van der Waals surface area contributed by atoms with Crippen LogP contribution in [0.1, 0.15) is 23.7 Å². The van der Waals surface area contributed by atoms with Crippen molar-refractivity contribution in [3.63, 3.8) is 0 Å². The molecule has 0 spiro atoms. The number of amides is 1. The number of ether oxygens (including phenoxy) is 1. The predicted octanol–water partition coefficient (Wildman–Crippen LogP) is 1.19. The van der Waals surface area contributed by atoms with Crippen molar-refractivity contribution >= 4 is 33.3 Å². The molecular weight excluding hydrogens is 330 g/mol. The molecule has 1 amide bonds. The largest absolute Gasteiger partial charge is 0.452 e. The Bertz CT molecular complexity index is 686. The van der Waals surface area contributed by atoms with Crippen molar-refractivity contribution in [2.24, 2.45) is 0 Å². The summed E-state index contributed by atoms with van der Waals surface area (Å²) in [6, 6.07) is 6.08. The van der Waals surface area contributed by atoms with E-state index in [9.17, 15) is 18.0 Å². The lowest BCUT2D eigenvalue weighted by Crippen LogP contribution is -2.48. The summed E-state index contributed by atoms with van der Waals surface area (Å²) in [6.45, 7) is 1.20. The average molecular weight is 346 g/mol. The predicted molar refractivity (Wildman–Crippen MR) is 81.6 cm³/mol. The summed E-state index contributed by atoms with van der Waals surface area (Å²) in [5.74, 6) is -1.22. The summed E-state index contributed by atoms with van der Waals surface area (Å²) >= 11 is 5.71. The van der Waals surface area contributed by atoms with Gasteiger partial charge in [0.15, 0.2) is 16.4 Å². The second kappa shape index (κ2) is 6.26. The van der Waals surface area contributed by atoms with Gasteiger partial charge in [-0.05, 0) is 37.6 Å². The normalized spacial score (nSPS) is 23.0. The number of carbonyl (C=O) groups is 2. The van der Waals surface area contributed by atoms with Gasteiger partial charge in [0, 0.05) is 5.02 Å². The van der Waals surface area contributed by atoms with E-state index in [2.05, 4.69) is 5.32 Å². The fourth-order valence-electron chi connectivity index (χ4n) is 2.28. The number of rotatable bonds is 4. The topological polar surface area (TPSA) is 89.5 Å². The van der Waals surface area contributed by atoms with Gasteiger partial charge in [-0.25, -0.2) is 13.2 Å². The van der Waals surface area contributed by atoms with E-state index >= 15 is 0 Å². The first-order chi connectivity index (χ1) is 10.2. The fraction of sp³-hybridized carbons (Fsp3) is 0.429. The summed E-state index contributed by atoms with van der Waals surface area (Å²) in [4.78, 5) is 23.5. The maximum absolute atomic E-state index is 11.8. The van der Waals surface area contributed by atoms with Crippen molar-refractivity contribution in [1.29, 1.82) is 0 Å². The summed E-state index contributed by atoms with van der Waals surface area (Å²) in [5, 5.41) is 3.10. The summed E-state index contributed by atoms with van der Waals surface area (Å²) < 4.78 is 27.8. The van der Waals surface area contributed by atoms with Gasteiger partial charge < -0.3 is 10.1 Å². The van der Waals surface area contributed by atoms with E-state index < -0.39 is 33.9 Å². The Kier molecular flexibility index (Phi) is 4.77. The van der Waals surface area contributed by atoms with Crippen molar-refractivity contribution < 1.29 is 22.7 Å². The monoisotopic (exact) mass is 345 g/mol. The first kappa shape index (κ1) is 16.8. The zero-order chi connectivity index (χ0) is 16.4. The molecule has 120 valence electrons. The molecule has 1 fully saturated rings. The maximum Gasteiger partial charge on any atom is 0.338 e. The third-order valence-electron chi connectivity index (χ3n) is 3.36. The van der Waals surface area contributed by atoms with Gasteiger partial charge in [-0.1, -0.05) is 11.6 Å². The van der Waals surface area contributed by atoms with Gasteiger partial charge in [-0.2, -0.15) is 0 Å². The average Bonchev–Trinajstić information content (AvgIpc) is 2.70. The fourth-order valence-corrected chi connectivity index (χ4v) is 4.50. The van der Waals surface area contributed by atoms with Crippen LogP contribution in [0.5, 0.6) is 0 Å². The molecule has 1 aromatic carbocycles. The highest BCUT2D eigenvalue weighted by atomic mass is 35.5. The molecule has 0 unspecified atom stereocenters. The quantitative estimate of drug-likeness (QED) is 0.828. The molecule has 1 aliphatic heterocycles. The number of benzene rings is 1. The van der Waals surface area contributed by atoms with Crippen LogP contribution >= 0.6 is 11.6 Å². The summed E-state index contributed by atoms with van der Waals surface area (Å²) in [5.41, 5.74) is -0.519. The van der Waals surface area contributed by atoms with Crippen LogP contribution in [0.25, 0.3) is 0 Å². The van der Waals surface area contributed by atoms with Crippen molar-refractivity contribution in [2.75, 3.05) is 18.1 Å². The molecule has 1 atom stereocenters. The Morgan fingerprint density at radius 3 is 2.50 bits per heavy atom. The minimum atomic E-state index is -3.11. The molecule has 1 N–H and O–H groups in total. The zero-order valence-corrected chi connectivity index (χ0v) is 13.5. The highest BCUT2D eigenvalue weighted by Crippen LogP contribution is 2.22. The number of halogens is 1. The maximum atomic E-state index is 11.8. The van der Waals surface area contributed by atoms with Crippen LogP contribution in [0.4, 0.5) is 0 Å². The van der Waals surface area contributed by atoms with Crippen LogP contribution in [-0.4, -0.2) is 43.9 Å².